The average molecular weight is 475 g/mol. The van der Waals surface area contributed by atoms with E-state index in [1.54, 1.807) is 27.4 Å². The summed E-state index contributed by atoms with van der Waals surface area (Å²) in [5, 5.41) is 0. The van der Waals surface area contributed by atoms with Gasteiger partial charge in [0.1, 0.15) is 0 Å². The summed E-state index contributed by atoms with van der Waals surface area (Å²) in [6, 6.07) is 14.5. The van der Waals surface area contributed by atoms with Gasteiger partial charge < -0.3 is 24.8 Å². The molecule has 0 spiro atoms. The fourth-order valence-corrected chi connectivity index (χ4v) is 3.87. The van der Waals surface area contributed by atoms with Crippen molar-refractivity contribution >= 4 is 3.21 Å². The SMILES string of the molecule is Cc1c[c-]c2c(c1)-c1cc(C)ccc1C2.[C-]1=CC=CC1.[Cl-].[Cl-].[Zr+2]=[C]1CCC1. The Labute approximate surface area is 191 Å². The Morgan fingerprint density at radius 1 is 0.963 bits per heavy atom. The van der Waals surface area contributed by atoms with Gasteiger partial charge in [-0.15, -0.1) is 12.0 Å². The van der Waals surface area contributed by atoms with Crippen LogP contribution in [0.25, 0.3) is 11.1 Å². The molecule has 1 fully saturated rings. The Hall–Kier alpha value is -0.747. The van der Waals surface area contributed by atoms with Gasteiger partial charge in [-0.05, 0) is 13.3 Å². The summed E-state index contributed by atoms with van der Waals surface area (Å²) in [5.74, 6) is 0. The van der Waals surface area contributed by atoms with E-state index in [4.69, 9.17) is 0 Å². The third kappa shape index (κ3) is 6.97. The summed E-state index contributed by atoms with van der Waals surface area (Å²) < 4.78 is 1.78. The zero-order valence-electron chi connectivity index (χ0n) is 15.9. The fourth-order valence-electron chi connectivity index (χ4n) is 3.00. The molecule has 0 radical (unpaired) electrons. The van der Waals surface area contributed by atoms with Gasteiger partial charge in [-0.1, -0.05) is 41.8 Å². The molecule has 0 N–H and O–H groups in total. The van der Waals surface area contributed by atoms with Gasteiger partial charge in [0.25, 0.3) is 0 Å². The van der Waals surface area contributed by atoms with Crippen molar-refractivity contribution in [1.82, 2.24) is 0 Å². The molecule has 0 saturated heterocycles. The van der Waals surface area contributed by atoms with Crippen LogP contribution >= 0.6 is 0 Å². The van der Waals surface area contributed by atoms with Gasteiger partial charge in [-0.2, -0.15) is 35.4 Å². The van der Waals surface area contributed by atoms with Gasteiger partial charge in [0.05, 0.1) is 0 Å². The number of hydrogen-bond acceptors (Lipinski definition) is 0. The summed E-state index contributed by atoms with van der Waals surface area (Å²) in [5.41, 5.74) is 8.21. The number of aryl methyl sites for hydroxylation is 2. The van der Waals surface area contributed by atoms with E-state index >= 15 is 0 Å². The van der Waals surface area contributed by atoms with Crippen molar-refractivity contribution in [3.63, 3.8) is 0 Å². The minimum absolute atomic E-state index is 0. The van der Waals surface area contributed by atoms with Crippen LogP contribution in [0, 0.1) is 26.0 Å². The van der Waals surface area contributed by atoms with E-state index < -0.39 is 0 Å². The van der Waals surface area contributed by atoms with E-state index in [1.165, 1.54) is 52.6 Å². The van der Waals surface area contributed by atoms with Crippen LogP contribution in [0.15, 0.2) is 48.6 Å². The number of fused-ring (bicyclic) bond motifs is 3. The first-order chi connectivity index (χ1) is 12.1. The third-order valence-corrected chi connectivity index (χ3v) is 5.87. The molecule has 2 aromatic carbocycles. The number of allylic oxidation sites excluding steroid dienone is 4. The zero-order valence-corrected chi connectivity index (χ0v) is 19.9. The molecule has 27 heavy (non-hydrogen) atoms. The first-order valence-electron chi connectivity index (χ1n) is 9.02. The van der Waals surface area contributed by atoms with Crippen LogP contribution in [0.2, 0.25) is 0 Å². The quantitative estimate of drug-likeness (QED) is 0.399. The van der Waals surface area contributed by atoms with Gasteiger partial charge in [-0.3, -0.25) is 6.08 Å². The van der Waals surface area contributed by atoms with Crippen LogP contribution < -0.4 is 24.8 Å². The molecular formula is C24H24Cl2Zr-2. The fraction of sp³-hybridized carbons (Fsp3) is 0.292. The van der Waals surface area contributed by atoms with Crippen molar-refractivity contribution in [2.45, 2.75) is 46.0 Å². The van der Waals surface area contributed by atoms with Crippen LogP contribution in [0.3, 0.4) is 0 Å². The van der Waals surface area contributed by atoms with Crippen molar-refractivity contribution in [2.75, 3.05) is 0 Å². The van der Waals surface area contributed by atoms with Crippen molar-refractivity contribution in [1.29, 1.82) is 0 Å². The third-order valence-electron chi connectivity index (χ3n) is 4.64. The molecule has 3 heteroatoms. The maximum atomic E-state index is 3.38. The van der Waals surface area contributed by atoms with Crippen LogP contribution in [0.5, 0.6) is 0 Å². The Morgan fingerprint density at radius 2 is 1.67 bits per heavy atom. The molecule has 3 aliphatic carbocycles. The molecule has 5 rings (SSSR count). The van der Waals surface area contributed by atoms with Crippen LogP contribution in [-0.2, 0) is 30.7 Å². The summed E-state index contributed by atoms with van der Waals surface area (Å²) in [6.07, 6.45) is 15.4. The molecule has 0 amide bonds. The normalized spacial score (nSPS) is 14.3. The molecule has 0 bridgehead atoms. The van der Waals surface area contributed by atoms with Gasteiger partial charge in [0, 0.05) is 0 Å². The Bertz CT molecular complexity index is 769. The van der Waals surface area contributed by atoms with Crippen LogP contribution in [0.1, 0.15) is 47.9 Å². The molecule has 2 aromatic rings. The van der Waals surface area contributed by atoms with E-state index in [9.17, 15) is 0 Å². The van der Waals surface area contributed by atoms with Gasteiger partial charge in [0.15, 0.2) is 0 Å². The van der Waals surface area contributed by atoms with Crippen molar-refractivity contribution in [3.8, 4) is 11.1 Å². The van der Waals surface area contributed by atoms with Crippen molar-refractivity contribution in [2.24, 2.45) is 0 Å². The summed E-state index contributed by atoms with van der Waals surface area (Å²) >= 11 is 1.67. The molecule has 0 aromatic heterocycles. The minimum atomic E-state index is 0. The topological polar surface area (TPSA) is 0 Å². The molecular weight excluding hydrogens is 450 g/mol. The number of halogens is 2. The Morgan fingerprint density at radius 3 is 2.19 bits per heavy atom. The second-order valence-electron chi connectivity index (χ2n) is 6.87. The molecule has 1 saturated carbocycles. The molecule has 3 aliphatic rings. The molecule has 0 aliphatic heterocycles. The predicted octanol–water partition coefficient (Wildman–Crippen LogP) is -0.122. The molecule has 0 unspecified atom stereocenters. The first kappa shape index (κ1) is 24.3. The van der Waals surface area contributed by atoms with Crippen molar-refractivity contribution in [3.05, 3.63) is 83.0 Å². The van der Waals surface area contributed by atoms with Gasteiger partial charge >= 0.3 is 46.7 Å². The summed E-state index contributed by atoms with van der Waals surface area (Å²) in [4.78, 5) is 0. The van der Waals surface area contributed by atoms with E-state index in [-0.39, 0.29) is 24.8 Å². The van der Waals surface area contributed by atoms with Crippen molar-refractivity contribution < 1.29 is 49.0 Å². The number of benzene rings is 2. The number of rotatable bonds is 0. The molecule has 0 heterocycles. The monoisotopic (exact) mass is 472 g/mol. The first-order valence-corrected chi connectivity index (χ1v) is 10.3. The van der Waals surface area contributed by atoms with Gasteiger partial charge in [-0.25, -0.2) is 12.2 Å². The predicted molar refractivity (Wildman–Crippen MR) is 103 cm³/mol. The second-order valence-corrected chi connectivity index (χ2v) is 8.60. The van der Waals surface area contributed by atoms with E-state index in [2.05, 4.69) is 62.4 Å². The summed E-state index contributed by atoms with van der Waals surface area (Å²) in [6.45, 7) is 4.28. The molecule has 140 valence electrons. The van der Waals surface area contributed by atoms with E-state index in [1.807, 2.05) is 12.2 Å². The average Bonchev–Trinajstić information content (AvgIpc) is 3.25. The van der Waals surface area contributed by atoms with Gasteiger partial charge in [0.2, 0.25) is 0 Å². The molecule has 0 atom stereocenters. The Kier molecular flexibility index (Phi) is 10.8. The van der Waals surface area contributed by atoms with E-state index in [0.29, 0.717) is 0 Å². The number of hydrogen-bond donors (Lipinski definition) is 0. The van der Waals surface area contributed by atoms with E-state index in [0.717, 1.165) is 12.8 Å². The van der Waals surface area contributed by atoms with Crippen LogP contribution in [-0.4, -0.2) is 3.21 Å². The van der Waals surface area contributed by atoms with Crippen LogP contribution in [0.4, 0.5) is 0 Å². The summed E-state index contributed by atoms with van der Waals surface area (Å²) in [7, 11) is 0. The zero-order chi connectivity index (χ0) is 17.6. The Balaban J connectivity index is 0.000000253. The molecule has 0 nitrogen and oxygen atoms in total. The second kappa shape index (κ2) is 12.0. The standard InChI is InChI=1S/C15H13.C5H5.C4H6.2ClH.Zr/c1-10-3-5-12-9-13-6-4-11(2)8-15(13)14(12)7-10;1-2-4-5-3-1;1-2-4-3-1;;;/h3-5,7-8H,9H2,1-2H3;1-3H,4H2;1-3H2;2*1H;/q2*-1;;;;+2/p-2. The maximum absolute atomic E-state index is 3.38.